The van der Waals surface area contributed by atoms with E-state index in [0.717, 1.165) is 32.5 Å². The van der Waals surface area contributed by atoms with Crippen LogP contribution in [0.2, 0.25) is 0 Å². The van der Waals surface area contributed by atoms with Gasteiger partial charge in [0.25, 0.3) is 0 Å². The second-order valence-electron chi connectivity index (χ2n) is 7.59. The number of fused-ring (bicyclic) bond motifs is 1. The van der Waals surface area contributed by atoms with E-state index in [9.17, 15) is 4.79 Å². The number of nitrogens with one attached hydrogen (secondary N) is 1. The lowest BCUT2D eigenvalue weighted by Gasteiger charge is -2.16. The number of allylic oxidation sites excluding steroid dienone is 1. The number of carbonyl (C=O) groups excluding carboxylic acids is 1. The van der Waals surface area contributed by atoms with Crippen LogP contribution in [0.15, 0.2) is 89.9 Å². The third kappa shape index (κ3) is 4.94. The van der Waals surface area contributed by atoms with Gasteiger partial charge >= 0.3 is 0 Å². The van der Waals surface area contributed by atoms with Crippen LogP contribution in [0.4, 0.5) is 0 Å². The van der Waals surface area contributed by atoms with Gasteiger partial charge in [0.15, 0.2) is 0 Å². The van der Waals surface area contributed by atoms with E-state index in [4.69, 9.17) is 4.98 Å². The summed E-state index contributed by atoms with van der Waals surface area (Å²) in [6.45, 7) is 6.52. The van der Waals surface area contributed by atoms with Crippen LogP contribution in [0.5, 0.6) is 0 Å². The predicted molar refractivity (Wildman–Crippen MR) is 130 cm³/mol. The smallest absolute Gasteiger partial charge is 0.224 e. The zero-order chi connectivity index (χ0) is 21.8. The predicted octanol–water partition coefficient (Wildman–Crippen LogP) is 6.03. The summed E-state index contributed by atoms with van der Waals surface area (Å²) in [5.74, 6) is 0.783. The Bertz CT molecular complexity index is 1210. The molecule has 0 radical (unpaired) electrons. The van der Waals surface area contributed by atoms with Crippen molar-refractivity contribution in [2.24, 2.45) is 0 Å². The Labute approximate surface area is 190 Å². The van der Waals surface area contributed by atoms with Crippen LogP contribution in [0.25, 0.3) is 22.2 Å². The van der Waals surface area contributed by atoms with Crippen LogP contribution < -0.4 is 5.32 Å². The van der Waals surface area contributed by atoms with E-state index in [-0.39, 0.29) is 11.9 Å². The molecule has 1 aromatic heterocycles. The van der Waals surface area contributed by atoms with Crippen LogP contribution in [-0.4, -0.2) is 15.5 Å². The zero-order valence-corrected chi connectivity index (χ0v) is 19.0. The number of para-hydroxylation sites is 2. The topological polar surface area (TPSA) is 46.9 Å². The number of halogens is 1. The number of benzene rings is 3. The number of nitrogens with zero attached hydrogens (tertiary/aromatic N) is 2. The lowest BCUT2D eigenvalue weighted by molar-refractivity contribution is -0.121. The number of rotatable bonds is 7. The monoisotopic (exact) mass is 473 g/mol. The highest BCUT2D eigenvalue weighted by atomic mass is 79.9. The zero-order valence-electron chi connectivity index (χ0n) is 17.4. The minimum absolute atomic E-state index is 0.0313. The first-order valence-corrected chi connectivity index (χ1v) is 11.0. The molecule has 1 heterocycles. The van der Waals surface area contributed by atoms with Gasteiger partial charge in [0.1, 0.15) is 5.82 Å². The quantitative estimate of drug-likeness (QED) is 0.356. The van der Waals surface area contributed by atoms with E-state index >= 15 is 0 Å². The Hall–Kier alpha value is -3.18. The van der Waals surface area contributed by atoms with Crippen molar-refractivity contribution in [1.82, 2.24) is 14.9 Å². The molecule has 4 rings (SSSR count). The van der Waals surface area contributed by atoms with Crippen molar-refractivity contribution in [3.05, 3.63) is 101 Å². The standard InChI is InChI=1S/C26H24BrN3O/c1-18(27)17-30-24-11-7-6-10-23(24)29-26(30)19(2)28-25(31)16-20-12-14-22(15-13-20)21-8-4-3-5-9-21/h3-15,19H,1,16-17H2,2H3,(H,28,31). The number of aromatic nitrogens is 2. The second kappa shape index (κ2) is 9.31. The summed E-state index contributed by atoms with van der Waals surface area (Å²) >= 11 is 3.45. The van der Waals surface area contributed by atoms with Crippen molar-refractivity contribution < 1.29 is 4.79 Å². The lowest BCUT2D eigenvalue weighted by atomic mass is 10.0. The summed E-state index contributed by atoms with van der Waals surface area (Å²) in [5.41, 5.74) is 5.22. The fourth-order valence-corrected chi connectivity index (χ4v) is 4.00. The maximum absolute atomic E-state index is 12.7. The number of hydrogen-bond acceptors (Lipinski definition) is 2. The fraction of sp³-hybridized carbons (Fsp3) is 0.154. The summed E-state index contributed by atoms with van der Waals surface area (Å²) in [6, 6.07) is 26.1. The Morgan fingerprint density at radius 2 is 1.65 bits per heavy atom. The van der Waals surface area contributed by atoms with Crippen LogP contribution in [-0.2, 0) is 17.8 Å². The molecule has 0 spiro atoms. The molecule has 1 amide bonds. The van der Waals surface area contributed by atoms with Gasteiger partial charge in [-0.05, 0) is 35.7 Å². The highest BCUT2D eigenvalue weighted by Gasteiger charge is 2.18. The lowest BCUT2D eigenvalue weighted by Crippen LogP contribution is -2.30. The third-order valence-corrected chi connectivity index (χ3v) is 5.46. The van der Waals surface area contributed by atoms with Crippen LogP contribution in [0, 0.1) is 0 Å². The normalized spacial score (nSPS) is 11.9. The molecule has 156 valence electrons. The van der Waals surface area contributed by atoms with Gasteiger partial charge in [0.05, 0.1) is 30.0 Å². The van der Waals surface area contributed by atoms with Crippen molar-refractivity contribution in [1.29, 1.82) is 0 Å². The van der Waals surface area contributed by atoms with E-state index < -0.39 is 0 Å². The molecule has 1 N–H and O–H groups in total. The van der Waals surface area contributed by atoms with Crippen molar-refractivity contribution >= 4 is 32.9 Å². The van der Waals surface area contributed by atoms with Gasteiger partial charge in [-0.15, -0.1) is 0 Å². The largest absolute Gasteiger partial charge is 0.346 e. The first-order valence-electron chi connectivity index (χ1n) is 10.2. The summed E-state index contributed by atoms with van der Waals surface area (Å²) in [6.07, 6.45) is 0.324. The minimum Gasteiger partial charge on any atom is -0.346 e. The molecule has 0 bridgehead atoms. The van der Waals surface area contributed by atoms with Gasteiger partial charge in [-0.1, -0.05) is 89.2 Å². The summed E-state index contributed by atoms with van der Waals surface area (Å²) in [7, 11) is 0. The molecule has 0 aliphatic rings. The van der Waals surface area contributed by atoms with Crippen LogP contribution in [0.3, 0.4) is 0 Å². The van der Waals surface area contributed by atoms with Crippen molar-refractivity contribution in [3.63, 3.8) is 0 Å². The Morgan fingerprint density at radius 3 is 2.35 bits per heavy atom. The SMILES string of the molecule is C=C(Br)Cn1c(C(C)NC(=O)Cc2ccc(-c3ccccc3)cc2)nc2ccccc21. The van der Waals surface area contributed by atoms with E-state index in [2.05, 4.69) is 56.7 Å². The fourth-order valence-electron chi connectivity index (χ4n) is 3.75. The molecule has 3 aromatic carbocycles. The van der Waals surface area contributed by atoms with Gasteiger partial charge in [0.2, 0.25) is 5.91 Å². The van der Waals surface area contributed by atoms with E-state index in [1.54, 1.807) is 0 Å². The highest BCUT2D eigenvalue weighted by molar-refractivity contribution is 9.11. The number of amides is 1. The number of hydrogen-bond donors (Lipinski definition) is 1. The molecule has 5 heteroatoms. The summed E-state index contributed by atoms with van der Waals surface area (Å²) < 4.78 is 2.94. The van der Waals surface area contributed by atoms with Gasteiger partial charge in [-0.3, -0.25) is 4.79 Å². The van der Waals surface area contributed by atoms with Gasteiger partial charge < -0.3 is 9.88 Å². The average molecular weight is 474 g/mol. The first-order chi connectivity index (χ1) is 15.0. The minimum atomic E-state index is -0.227. The van der Waals surface area contributed by atoms with Gasteiger partial charge in [0, 0.05) is 4.48 Å². The Morgan fingerprint density at radius 1 is 1.00 bits per heavy atom. The number of carbonyl (C=O) groups is 1. The molecule has 0 saturated heterocycles. The second-order valence-corrected chi connectivity index (χ2v) is 8.71. The summed E-state index contributed by atoms with van der Waals surface area (Å²) in [5, 5.41) is 3.10. The highest BCUT2D eigenvalue weighted by Crippen LogP contribution is 2.23. The average Bonchev–Trinajstić information content (AvgIpc) is 3.13. The Balaban J connectivity index is 1.47. The van der Waals surface area contributed by atoms with Crippen molar-refractivity contribution in [2.45, 2.75) is 25.9 Å². The van der Waals surface area contributed by atoms with Crippen molar-refractivity contribution in [3.8, 4) is 11.1 Å². The number of imidazole rings is 1. The molecule has 31 heavy (non-hydrogen) atoms. The van der Waals surface area contributed by atoms with E-state index in [0.29, 0.717) is 13.0 Å². The van der Waals surface area contributed by atoms with Crippen molar-refractivity contribution in [2.75, 3.05) is 0 Å². The third-order valence-electron chi connectivity index (χ3n) is 5.20. The molecule has 4 nitrogen and oxygen atoms in total. The summed E-state index contributed by atoms with van der Waals surface area (Å²) in [4.78, 5) is 17.5. The maximum Gasteiger partial charge on any atom is 0.224 e. The van der Waals surface area contributed by atoms with Crippen LogP contribution in [0.1, 0.15) is 24.4 Å². The molecule has 1 atom stereocenters. The maximum atomic E-state index is 12.7. The first kappa shape index (κ1) is 21.1. The molecule has 0 saturated carbocycles. The van der Waals surface area contributed by atoms with Gasteiger partial charge in [-0.2, -0.15) is 0 Å². The van der Waals surface area contributed by atoms with Crippen LogP contribution >= 0.6 is 15.9 Å². The van der Waals surface area contributed by atoms with Gasteiger partial charge in [-0.25, -0.2) is 4.98 Å². The molecule has 4 aromatic rings. The molecular formula is C26H24BrN3O. The molecule has 0 aliphatic heterocycles. The molecule has 1 unspecified atom stereocenters. The van der Waals surface area contributed by atoms with E-state index in [1.807, 2.05) is 61.5 Å². The molecule has 0 fully saturated rings. The molecule has 0 aliphatic carbocycles. The molecular weight excluding hydrogens is 450 g/mol. The van der Waals surface area contributed by atoms with E-state index in [1.165, 1.54) is 5.56 Å². The Kier molecular flexibility index (Phi) is 6.33.